The lowest BCUT2D eigenvalue weighted by Gasteiger charge is -2.16. The number of methoxy groups -OCH3 is 2. The molecule has 2 rings (SSSR count). The van der Waals surface area contributed by atoms with Gasteiger partial charge in [0, 0.05) is 31.5 Å². The summed E-state index contributed by atoms with van der Waals surface area (Å²) in [6.07, 6.45) is 1.56. The van der Waals surface area contributed by atoms with E-state index < -0.39 is 0 Å². The zero-order chi connectivity index (χ0) is 13.0. The minimum atomic E-state index is -0.252. The molecule has 0 saturated carbocycles. The van der Waals surface area contributed by atoms with Crippen LogP contribution in [0.1, 0.15) is 5.56 Å². The number of fused-ring (bicyclic) bond motifs is 1. The summed E-state index contributed by atoms with van der Waals surface area (Å²) in [4.78, 5) is 4.41. The van der Waals surface area contributed by atoms with Crippen molar-refractivity contribution in [2.24, 2.45) is 0 Å². The van der Waals surface area contributed by atoms with E-state index in [1.165, 1.54) is 5.56 Å². The summed E-state index contributed by atoms with van der Waals surface area (Å²) in [6.45, 7) is 2.66. The van der Waals surface area contributed by atoms with Crippen molar-refractivity contribution in [3.05, 3.63) is 36.0 Å². The second-order valence-electron chi connectivity index (χ2n) is 4.11. The van der Waals surface area contributed by atoms with Crippen molar-refractivity contribution in [3.63, 3.8) is 0 Å². The number of ether oxygens (including phenoxy) is 2. The van der Waals surface area contributed by atoms with Crippen LogP contribution in [0.5, 0.6) is 0 Å². The minimum Gasteiger partial charge on any atom is -0.379 e. The highest BCUT2D eigenvalue weighted by molar-refractivity contribution is 5.93. The number of pyridine rings is 1. The topological polar surface area (TPSA) is 43.4 Å². The molecule has 0 spiro atoms. The smallest absolute Gasteiger partial charge is 0.173 e. The van der Waals surface area contributed by atoms with Gasteiger partial charge in [0.15, 0.2) is 6.29 Å². The van der Waals surface area contributed by atoms with Crippen molar-refractivity contribution in [1.29, 1.82) is 0 Å². The monoisotopic (exact) mass is 246 g/mol. The summed E-state index contributed by atoms with van der Waals surface area (Å²) >= 11 is 0. The Morgan fingerprint density at radius 1 is 1.22 bits per heavy atom. The van der Waals surface area contributed by atoms with Crippen LogP contribution >= 0.6 is 0 Å². The fourth-order valence-corrected chi connectivity index (χ4v) is 1.92. The van der Waals surface area contributed by atoms with Gasteiger partial charge in [-0.15, -0.1) is 0 Å². The van der Waals surface area contributed by atoms with Gasteiger partial charge >= 0.3 is 0 Å². The van der Waals surface area contributed by atoms with E-state index in [0.717, 1.165) is 16.6 Å². The molecule has 0 fully saturated rings. The highest BCUT2D eigenvalue weighted by Gasteiger charge is 2.07. The average molecular weight is 246 g/mol. The Labute approximate surface area is 107 Å². The first-order valence-corrected chi connectivity index (χ1v) is 5.90. The van der Waals surface area contributed by atoms with Gasteiger partial charge in [-0.25, -0.2) is 0 Å². The fraction of sp³-hybridized carbons (Fsp3) is 0.357. The minimum absolute atomic E-state index is 0.252. The molecular weight excluding hydrogens is 228 g/mol. The quantitative estimate of drug-likeness (QED) is 0.823. The van der Waals surface area contributed by atoms with E-state index in [-0.39, 0.29) is 6.29 Å². The van der Waals surface area contributed by atoms with E-state index in [9.17, 15) is 0 Å². The van der Waals surface area contributed by atoms with E-state index in [4.69, 9.17) is 9.47 Å². The number of nitrogens with zero attached hydrogens (tertiary/aromatic N) is 1. The van der Waals surface area contributed by atoms with Gasteiger partial charge in [-0.2, -0.15) is 0 Å². The van der Waals surface area contributed by atoms with Crippen molar-refractivity contribution in [1.82, 2.24) is 4.98 Å². The molecule has 2 aromatic rings. The molecule has 1 aromatic heterocycles. The van der Waals surface area contributed by atoms with Crippen LogP contribution in [0, 0.1) is 6.92 Å². The Morgan fingerprint density at radius 3 is 2.72 bits per heavy atom. The normalized spacial score (nSPS) is 11.1. The zero-order valence-electron chi connectivity index (χ0n) is 10.9. The molecule has 0 saturated heterocycles. The Kier molecular flexibility index (Phi) is 4.12. The maximum Gasteiger partial charge on any atom is 0.173 e. The second-order valence-corrected chi connectivity index (χ2v) is 4.11. The Morgan fingerprint density at radius 2 is 2.00 bits per heavy atom. The average Bonchev–Trinajstić information content (AvgIpc) is 2.42. The second kappa shape index (κ2) is 5.80. The van der Waals surface area contributed by atoms with Gasteiger partial charge in [-0.05, 0) is 30.7 Å². The molecule has 18 heavy (non-hydrogen) atoms. The van der Waals surface area contributed by atoms with Crippen molar-refractivity contribution < 1.29 is 9.47 Å². The van der Waals surface area contributed by atoms with E-state index in [2.05, 4.69) is 35.4 Å². The van der Waals surface area contributed by atoms with Gasteiger partial charge in [0.1, 0.15) is 0 Å². The molecule has 0 amide bonds. The SMILES string of the molecule is COC(CNc1ccc(C)c2ncccc12)OC. The van der Waals surface area contributed by atoms with Crippen LogP contribution in [0.15, 0.2) is 30.5 Å². The first kappa shape index (κ1) is 12.8. The summed E-state index contributed by atoms with van der Waals surface area (Å²) in [5.41, 5.74) is 3.24. The summed E-state index contributed by atoms with van der Waals surface area (Å²) in [6, 6.07) is 8.12. The number of aryl methyl sites for hydroxylation is 1. The Balaban J connectivity index is 2.26. The summed E-state index contributed by atoms with van der Waals surface area (Å²) in [7, 11) is 3.26. The van der Waals surface area contributed by atoms with Crippen LogP contribution in [-0.2, 0) is 9.47 Å². The number of benzene rings is 1. The maximum atomic E-state index is 5.16. The number of nitrogens with one attached hydrogen (secondary N) is 1. The predicted molar refractivity (Wildman–Crippen MR) is 72.8 cm³/mol. The summed E-state index contributed by atoms with van der Waals surface area (Å²) < 4.78 is 10.3. The van der Waals surface area contributed by atoms with Crippen molar-refractivity contribution in [2.75, 3.05) is 26.1 Å². The van der Waals surface area contributed by atoms with Crippen molar-refractivity contribution >= 4 is 16.6 Å². The van der Waals surface area contributed by atoms with Crippen LogP contribution in [0.4, 0.5) is 5.69 Å². The van der Waals surface area contributed by atoms with Gasteiger partial charge in [0.05, 0.1) is 12.1 Å². The van der Waals surface area contributed by atoms with Crippen LogP contribution in [0.3, 0.4) is 0 Å². The standard InChI is InChI=1S/C14H18N2O2/c1-10-6-7-12(16-9-13(17-2)18-3)11-5-4-8-15-14(10)11/h4-8,13,16H,9H2,1-3H3. The molecular formula is C14H18N2O2. The molecule has 1 aromatic carbocycles. The Bertz CT molecular complexity index is 524. The first-order valence-electron chi connectivity index (χ1n) is 5.90. The lowest BCUT2D eigenvalue weighted by atomic mass is 10.1. The Hall–Kier alpha value is -1.65. The lowest BCUT2D eigenvalue weighted by Crippen LogP contribution is -2.23. The fourth-order valence-electron chi connectivity index (χ4n) is 1.92. The number of aromatic nitrogens is 1. The van der Waals surface area contributed by atoms with Crippen molar-refractivity contribution in [2.45, 2.75) is 13.2 Å². The van der Waals surface area contributed by atoms with E-state index in [1.807, 2.05) is 12.3 Å². The molecule has 0 aliphatic heterocycles. The lowest BCUT2D eigenvalue weighted by molar-refractivity contribution is -0.0913. The molecule has 4 heteroatoms. The van der Waals surface area contributed by atoms with E-state index in [1.54, 1.807) is 14.2 Å². The van der Waals surface area contributed by atoms with Crippen LogP contribution < -0.4 is 5.32 Å². The molecule has 1 heterocycles. The third kappa shape index (κ3) is 2.60. The van der Waals surface area contributed by atoms with Gasteiger partial charge in [0.2, 0.25) is 0 Å². The molecule has 96 valence electrons. The van der Waals surface area contributed by atoms with Crippen LogP contribution in [0.2, 0.25) is 0 Å². The predicted octanol–water partition coefficient (Wildman–Crippen LogP) is 2.57. The zero-order valence-corrected chi connectivity index (χ0v) is 10.9. The molecule has 0 bridgehead atoms. The number of hydrogen-bond acceptors (Lipinski definition) is 4. The molecule has 4 nitrogen and oxygen atoms in total. The van der Waals surface area contributed by atoms with E-state index in [0.29, 0.717) is 6.54 Å². The van der Waals surface area contributed by atoms with Gasteiger partial charge in [-0.3, -0.25) is 4.98 Å². The third-order valence-electron chi connectivity index (χ3n) is 2.96. The molecule has 1 N–H and O–H groups in total. The van der Waals surface area contributed by atoms with Gasteiger partial charge in [-0.1, -0.05) is 6.07 Å². The molecule has 0 atom stereocenters. The first-order chi connectivity index (χ1) is 8.76. The largest absolute Gasteiger partial charge is 0.379 e. The molecule has 0 radical (unpaired) electrons. The maximum absolute atomic E-state index is 5.16. The van der Waals surface area contributed by atoms with Crippen LogP contribution in [-0.4, -0.2) is 32.0 Å². The molecule has 0 aliphatic carbocycles. The van der Waals surface area contributed by atoms with Crippen molar-refractivity contribution in [3.8, 4) is 0 Å². The molecule has 0 aliphatic rings. The summed E-state index contributed by atoms with van der Waals surface area (Å²) in [5.74, 6) is 0. The highest BCUT2D eigenvalue weighted by Crippen LogP contribution is 2.24. The van der Waals surface area contributed by atoms with Crippen LogP contribution in [0.25, 0.3) is 10.9 Å². The summed E-state index contributed by atoms with van der Waals surface area (Å²) in [5, 5.41) is 4.44. The highest BCUT2D eigenvalue weighted by atomic mass is 16.7. The number of hydrogen-bond donors (Lipinski definition) is 1. The third-order valence-corrected chi connectivity index (χ3v) is 2.96. The molecule has 0 unspecified atom stereocenters. The number of rotatable bonds is 5. The number of anilines is 1. The van der Waals surface area contributed by atoms with E-state index >= 15 is 0 Å². The van der Waals surface area contributed by atoms with Gasteiger partial charge < -0.3 is 14.8 Å². The van der Waals surface area contributed by atoms with Gasteiger partial charge in [0.25, 0.3) is 0 Å².